The molecule has 0 aliphatic heterocycles. The van der Waals surface area contributed by atoms with Gasteiger partial charge in [0.2, 0.25) is 11.8 Å². The van der Waals surface area contributed by atoms with Crippen molar-refractivity contribution in [1.82, 2.24) is 5.32 Å². The highest BCUT2D eigenvalue weighted by molar-refractivity contribution is 6.31. The lowest BCUT2D eigenvalue weighted by atomic mass is 10.1. The summed E-state index contributed by atoms with van der Waals surface area (Å²) in [4.78, 5) is 25.4. The summed E-state index contributed by atoms with van der Waals surface area (Å²) in [6, 6.07) is 11.5. The molecule has 0 aliphatic rings. The molecule has 0 bridgehead atoms. The van der Waals surface area contributed by atoms with Gasteiger partial charge in [-0.2, -0.15) is 0 Å². The minimum atomic E-state index is -0.405. The first kappa shape index (κ1) is 18.9. The van der Waals surface area contributed by atoms with Crippen molar-refractivity contribution in [2.45, 2.75) is 20.3 Å². The van der Waals surface area contributed by atoms with Crippen molar-refractivity contribution in [3.05, 3.63) is 64.4 Å². The van der Waals surface area contributed by atoms with Crippen molar-refractivity contribution < 1.29 is 14.0 Å². The first-order valence-electron chi connectivity index (χ1n) is 7.93. The van der Waals surface area contributed by atoms with Gasteiger partial charge in [-0.3, -0.25) is 9.59 Å². The number of nitrogens with zero attached hydrogens (tertiary/aromatic N) is 1. The molecule has 1 N–H and O–H groups in total. The minimum Gasteiger partial charge on any atom is -0.354 e. The van der Waals surface area contributed by atoms with Gasteiger partial charge < -0.3 is 10.2 Å². The monoisotopic (exact) mass is 362 g/mol. The van der Waals surface area contributed by atoms with E-state index in [1.807, 2.05) is 19.1 Å². The van der Waals surface area contributed by atoms with Gasteiger partial charge in [-0.05, 0) is 36.2 Å². The minimum absolute atomic E-state index is 0.0386. The Bertz CT molecular complexity index is 780. The van der Waals surface area contributed by atoms with Crippen LogP contribution in [0, 0.1) is 12.7 Å². The molecule has 25 heavy (non-hydrogen) atoms. The zero-order chi connectivity index (χ0) is 18.4. The van der Waals surface area contributed by atoms with Crippen LogP contribution in [-0.4, -0.2) is 24.9 Å². The molecule has 0 saturated carbocycles. The van der Waals surface area contributed by atoms with Gasteiger partial charge >= 0.3 is 0 Å². The number of carbonyl (C=O) groups is 2. The Hall–Kier alpha value is -2.40. The van der Waals surface area contributed by atoms with Gasteiger partial charge in [-0.25, -0.2) is 4.39 Å². The molecule has 0 atom stereocenters. The molecule has 0 unspecified atom stereocenters. The molecule has 2 rings (SSSR count). The Morgan fingerprint density at radius 1 is 1.20 bits per heavy atom. The van der Waals surface area contributed by atoms with Crippen LogP contribution in [0.4, 0.5) is 10.1 Å². The van der Waals surface area contributed by atoms with E-state index < -0.39 is 5.82 Å². The third-order valence-electron chi connectivity index (χ3n) is 3.81. The molecule has 2 aromatic carbocycles. The molecule has 0 fully saturated rings. The predicted octanol–water partition coefficient (Wildman–Crippen LogP) is 3.50. The van der Waals surface area contributed by atoms with E-state index in [1.54, 1.807) is 24.3 Å². The fourth-order valence-electron chi connectivity index (χ4n) is 2.40. The number of aryl methyl sites for hydroxylation is 1. The summed E-state index contributed by atoms with van der Waals surface area (Å²) in [6.45, 7) is 3.90. The highest BCUT2D eigenvalue weighted by Gasteiger charge is 2.13. The SMILES string of the molecule is CC(=O)N(CCNC(=O)Cc1ccccc1F)c1ccc(C)c(Cl)c1. The van der Waals surface area contributed by atoms with Crippen LogP contribution in [-0.2, 0) is 16.0 Å². The molecule has 132 valence electrons. The van der Waals surface area contributed by atoms with Crippen LogP contribution in [0.5, 0.6) is 0 Å². The molecule has 0 aliphatic carbocycles. The molecule has 0 heterocycles. The standard InChI is InChI=1S/C19H20ClFN2O2/c1-13-7-8-16(12-17(13)20)23(14(2)24)10-9-22-19(25)11-15-5-3-4-6-18(15)21/h3-8,12H,9-11H2,1-2H3,(H,22,25). The molecule has 4 nitrogen and oxygen atoms in total. The lowest BCUT2D eigenvalue weighted by molar-refractivity contribution is -0.121. The molecule has 0 spiro atoms. The summed E-state index contributed by atoms with van der Waals surface area (Å²) in [5.41, 5.74) is 1.94. The van der Waals surface area contributed by atoms with E-state index in [1.165, 1.54) is 17.9 Å². The summed E-state index contributed by atoms with van der Waals surface area (Å²) in [6.07, 6.45) is -0.0386. The summed E-state index contributed by atoms with van der Waals surface area (Å²) >= 11 is 6.11. The zero-order valence-corrected chi connectivity index (χ0v) is 14.9. The van der Waals surface area contributed by atoms with Gasteiger partial charge in [0.25, 0.3) is 0 Å². The van der Waals surface area contributed by atoms with E-state index in [9.17, 15) is 14.0 Å². The third kappa shape index (κ3) is 5.29. The fraction of sp³-hybridized carbons (Fsp3) is 0.263. The number of amides is 2. The fourth-order valence-corrected chi connectivity index (χ4v) is 2.58. The van der Waals surface area contributed by atoms with Gasteiger partial charge in [0.15, 0.2) is 0 Å². The largest absolute Gasteiger partial charge is 0.354 e. The van der Waals surface area contributed by atoms with Gasteiger partial charge in [0.1, 0.15) is 5.82 Å². The maximum Gasteiger partial charge on any atom is 0.224 e. The average Bonchev–Trinajstić information content (AvgIpc) is 2.56. The second-order valence-corrected chi connectivity index (χ2v) is 6.13. The first-order valence-corrected chi connectivity index (χ1v) is 8.30. The van der Waals surface area contributed by atoms with Crippen LogP contribution >= 0.6 is 11.6 Å². The Morgan fingerprint density at radius 3 is 2.56 bits per heavy atom. The summed E-state index contributed by atoms with van der Waals surface area (Å²) < 4.78 is 13.6. The normalized spacial score (nSPS) is 10.4. The van der Waals surface area contributed by atoms with Crippen molar-refractivity contribution in [2.75, 3.05) is 18.0 Å². The number of anilines is 1. The van der Waals surface area contributed by atoms with Gasteiger partial charge in [-0.15, -0.1) is 0 Å². The van der Waals surface area contributed by atoms with E-state index in [4.69, 9.17) is 11.6 Å². The highest BCUT2D eigenvalue weighted by atomic mass is 35.5. The Morgan fingerprint density at radius 2 is 1.92 bits per heavy atom. The lowest BCUT2D eigenvalue weighted by Crippen LogP contribution is -2.38. The number of benzene rings is 2. The zero-order valence-electron chi connectivity index (χ0n) is 14.2. The van der Waals surface area contributed by atoms with E-state index in [0.717, 1.165) is 5.56 Å². The number of rotatable bonds is 6. The topological polar surface area (TPSA) is 49.4 Å². The maximum absolute atomic E-state index is 13.6. The molecule has 0 radical (unpaired) electrons. The summed E-state index contributed by atoms with van der Waals surface area (Å²) in [5.74, 6) is -0.851. The maximum atomic E-state index is 13.6. The van der Waals surface area contributed by atoms with Crippen molar-refractivity contribution in [1.29, 1.82) is 0 Å². The number of halogens is 2. The number of nitrogens with one attached hydrogen (secondary N) is 1. The lowest BCUT2D eigenvalue weighted by Gasteiger charge is -2.22. The van der Waals surface area contributed by atoms with E-state index >= 15 is 0 Å². The Labute approximate surface area is 151 Å². The van der Waals surface area contributed by atoms with Crippen molar-refractivity contribution in [3.63, 3.8) is 0 Å². The molecule has 2 amide bonds. The number of carbonyl (C=O) groups excluding carboxylic acids is 2. The van der Waals surface area contributed by atoms with Crippen LogP contribution in [0.3, 0.4) is 0 Å². The molecule has 2 aromatic rings. The molecule has 6 heteroatoms. The van der Waals surface area contributed by atoms with Crippen LogP contribution in [0.25, 0.3) is 0 Å². The van der Waals surface area contributed by atoms with Crippen molar-refractivity contribution in [3.8, 4) is 0 Å². The quantitative estimate of drug-likeness (QED) is 0.855. The van der Waals surface area contributed by atoms with Crippen molar-refractivity contribution >= 4 is 29.1 Å². The third-order valence-corrected chi connectivity index (χ3v) is 4.22. The summed E-state index contributed by atoms with van der Waals surface area (Å²) in [7, 11) is 0. The van der Waals surface area contributed by atoms with E-state index in [2.05, 4.69) is 5.32 Å². The Balaban J connectivity index is 1.93. The van der Waals surface area contributed by atoms with Gasteiger partial charge in [-0.1, -0.05) is 35.9 Å². The summed E-state index contributed by atoms with van der Waals surface area (Å²) in [5, 5.41) is 3.28. The average molecular weight is 363 g/mol. The second-order valence-electron chi connectivity index (χ2n) is 5.72. The van der Waals surface area contributed by atoms with Crippen LogP contribution in [0.15, 0.2) is 42.5 Å². The van der Waals surface area contributed by atoms with E-state index in [-0.39, 0.29) is 24.8 Å². The number of hydrogen-bond acceptors (Lipinski definition) is 2. The van der Waals surface area contributed by atoms with Gasteiger partial charge in [0.05, 0.1) is 6.42 Å². The van der Waals surface area contributed by atoms with Crippen molar-refractivity contribution in [2.24, 2.45) is 0 Å². The van der Waals surface area contributed by atoms with Crippen LogP contribution in [0.2, 0.25) is 5.02 Å². The van der Waals surface area contributed by atoms with Gasteiger partial charge in [0, 0.05) is 30.7 Å². The Kier molecular flexibility index (Phi) is 6.53. The van der Waals surface area contributed by atoms with E-state index in [0.29, 0.717) is 22.8 Å². The van der Waals surface area contributed by atoms with Crippen LogP contribution < -0.4 is 10.2 Å². The second kappa shape index (κ2) is 8.62. The number of hydrogen-bond donors (Lipinski definition) is 1. The highest BCUT2D eigenvalue weighted by Crippen LogP contribution is 2.23. The smallest absolute Gasteiger partial charge is 0.224 e. The molecule has 0 aromatic heterocycles. The molecule has 0 saturated heterocycles. The molecular formula is C19H20ClFN2O2. The molecular weight excluding hydrogens is 343 g/mol. The van der Waals surface area contributed by atoms with Crippen LogP contribution in [0.1, 0.15) is 18.1 Å². The first-order chi connectivity index (χ1) is 11.9. The predicted molar refractivity (Wildman–Crippen MR) is 97.3 cm³/mol.